The second-order valence-corrected chi connectivity index (χ2v) is 9.39. The van der Waals surface area contributed by atoms with Crippen LogP contribution >= 0.6 is 0 Å². The fourth-order valence-electron chi connectivity index (χ4n) is 4.33. The number of carboxylic acid groups (broad SMARTS) is 1. The first-order chi connectivity index (χ1) is 17.1. The molecule has 0 unspecified atom stereocenters. The number of hydrogen-bond acceptors (Lipinski definition) is 5. The average molecular weight is 487 g/mol. The molecule has 0 bridgehead atoms. The van der Waals surface area contributed by atoms with Gasteiger partial charge in [-0.3, -0.25) is 15.0 Å². The van der Waals surface area contributed by atoms with E-state index >= 15 is 0 Å². The molecule has 2 aromatic carbocycles. The van der Waals surface area contributed by atoms with Crippen molar-refractivity contribution in [1.29, 1.82) is 5.41 Å². The number of carboxylic acids is 1. The minimum atomic E-state index is -0.865. The van der Waals surface area contributed by atoms with Crippen LogP contribution in [0.5, 0.6) is 0 Å². The quantitative estimate of drug-likeness (QED) is 0.245. The molecule has 0 atom stereocenters. The Bertz CT molecular complexity index is 1500. The van der Waals surface area contributed by atoms with Crippen LogP contribution in [0.15, 0.2) is 53.6 Å². The molecule has 0 aliphatic carbocycles. The van der Waals surface area contributed by atoms with Crippen molar-refractivity contribution in [2.45, 2.75) is 39.7 Å². The summed E-state index contributed by atoms with van der Waals surface area (Å²) >= 11 is 0. The second kappa shape index (κ2) is 10.2. The fourth-order valence-corrected chi connectivity index (χ4v) is 4.33. The highest BCUT2D eigenvalue weighted by atomic mass is 16.4. The molecule has 4 N–H and O–H groups in total. The van der Waals surface area contributed by atoms with Crippen LogP contribution in [-0.2, 0) is 31.2 Å². The summed E-state index contributed by atoms with van der Waals surface area (Å²) in [6.45, 7) is 4.55. The Hall–Kier alpha value is -4.27. The zero-order valence-electron chi connectivity index (χ0n) is 20.7. The Morgan fingerprint density at radius 2 is 1.86 bits per heavy atom. The number of nitrogens with one attached hydrogen (secondary N) is 1. The standard InChI is InChI=1S/C27H30N6O3/c1-16(2)12-21-25(33(15-30-21)11-10-24(34)35)19-8-9-23-20(14-19)31-22(27(36)32(23)3)13-17-4-6-18(7-5-17)26(28)29/h4-9,14-16H,10-13H2,1-3H3,(H3,28,29)(H,34,35). The average Bonchev–Trinajstić information content (AvgIpc) is 3.22. The maximum Gasteiger partial charge on any atom is 0.305 e. The van der Waals surface area contributed by atoms with E-state index in [9.17, 15) is 14.7 Å². The summed E-state index contributed by atoms with van der Waals surface area (Å²) in [5.41, 5.74) is 11.4. The van der Waals surface area contributed by atoms with E-state index in [1.807, 2.05) is 34.9 Å². The van der Waals surface area contributed by atoms with Crippen molar-refractivity contribution in [1.82, 2.24) is 19.1 Å². The molecule has 0 saturated carbocycles. The molecule has 0 spiro atoms. The van der Waals surface area contributed by atoms with Gasteiger partial charge in [-0.25, -0.2) is 9.97 Å². The van der Waals surface area contributed by atoms with Crippen molar-refractivity contribution in [3.63, 3.8) is 0 Å². The molecule has 9 heteroatoms. The number of aryl methyl sites for hydroxylation is 2. The van der Waals surface area contributed by atoms with Crippen LogP contribution in [0.25, 0.3) is 22.3 Å². The van der Waals surface area contributed by atoms with Gasteiger partial charge in [0.15, 0.2) is 0 Å². The van der Waals surface area contributed by atoms with Gasteiger partial charge in [0, 0.05) is 31.1 Å². The number of aromatic nitrogens is 4. The highest BCUT2D eigenvalue weighted by molar-refractivity contribution is 5.94. The SMILES string of the molecule is CC(C)Cc1ncn(CCC(=O)O)c1-c1ccc2c(c1)nc(Cc1ccc(C(=N)N)cc1)c(=O)n2C. The molecule has 0 amide bonds. The summed E-state index contributed by atoms with van der Waals surface area (Å²) in [5, 5.41) is 16.7. The first-order valence-electron chi connectivity index (χ1n) is 11.8. The predicted molar refractivity (Wildman–Crippen MR) is 139 cm³/mol. The Kier molecular flexibility index (Phi) is 7.00. The number of nitrogens with zero attached hydrogens (tertiary/aromatic N) is 4. The van der Waals surface area contributed by atoms with Gasteiger partial charge in [-0.1, -0.05) is 44.2 Å². The van der Waals surface area contributed by atoms with Crippen molar-refractivity contribution in [2.75, 3.05) is 0 Å². The molecule has 0 aliphatic heterocycles. The third kappa shape index (κ3) is 5.19. The minimum Gasteiger partial charge on any atom is -0.481 e. The smallest absolute Gasteiger partial charge is 0.305 e. The third-order valence-corrected chi connectivity index (χ3v) is 6.14. The molecular weight excluding hydrogens is 456 g/mol. The highest BCUT2D eigenvalue weighted by Gasteiger charge is 2.17. The topological polar surface area (TPSA) is 140 Å². The number of aliphatic carboxylic acids is 1. The molecule has 0 aliphatic rings. The van der Waals surface area contributed by atoms with Gasteiger partial charge in [-0.15, -0.1) is 0 Å². The molecule has 0 fully saturated rings. The van der Waals surface area contributed by atoms with Gasteiger partial charge >= 0.3 is 5.97 Å². The Morgan fingerprint density at radius 1 is 1.14 bits per heavy atom. The van der Waals surface area contributed by atoms with Crippen molar-refractivity contribution < 1.29 is 9.90 Å². The maximum absolute atomic E-state index is 13.0. The summed E-state index contributed by atoms with van der Waals surface area (Å²) in [7, 11) is 1.73. The summed E-state index contributed by atoms with van der Waals surface area (Å²) < 4.78 is 3.48. The van der Waals surface area contributed by atoms with Crippen LogP contribution in [0.2, 0.25) is 0 Å². The minimum absolute atomic E-state index is 0.00260. The first-order valence-corrected chi connectivity index (χ1v) is 11.8. The van der Waals surface area contributed by atoms with Crippen LogP contribution in [-0.4, -0.2) is 36.0 Å². The predicted octanol–water partition coefficient (Wildman–Crippen LogP) is 3.35. The zero-order valence-corrected chi connectivity index (χ0v) is 20.7. The van der Waals surface area contributed by atoms with E-state index in [0.29, 0.717) is 41.2 Å². The van der Waals surface area contributed by atoms with Crippen molar-refractivity contribution in [3.8, 4) is 11.3 Å². The molecule has 36 heavy (non-hydrogen) atoms. The number of amidine groups is 1. The van der Waals surface area contributed by atoms with Gasteiger partial charge in [0.1, 0.15) is 11.5 Å². The molecule has 2 aromatic heterocycles. The lowest BCUT2D eigenvalue weighted by Gasteiger charge is -2.13. The number of imidazole rings is 1. The summed E-state index contributed by atoms with van der Waals surface area (Å²) in [5.74, 6) is -0.489. The fraction of sp³-hybridized carbons (Fsp3) is 0.296. The molecule has 2 heterocycles. The highest BCUT2D eigenvalue weighted by Crippen LogP contribution is 2.28. The molecule has 4 aromatic rings. The molecule has 9 nitrogen and oxygen atoms in total. The van der Waals surface area contributed by atoms with Gasteiger partial charge in [-0.05, 0) is 30.0 Å². The number of fused-ring (bicyclic) bond motifs is 1. The van der Waals surface area contributed by atoms with E-state index in [1.54, 1.807) is 30.1 Å². The van der Waals surface area contributed by atoms with Crippen LogP contribution in [0.3, 0.4) is 0 Å². The van der Waals surface area contributed by atoms with E-state index in [2.05, 4.69) is 18.8 Å². The zero-order chi connectivity index (χ0) is 26.0. The normalized spacial score (nSPS) is 11.3. The van der Waals surface area contributed by atoms with Crippen LogP contribution < -0.4 is 11.3 Å². The first kappa shape index (κ1) is 24.8. The van der Waals surface area contributed by atoms with E-state index < -0.39 is 5.97 Å². The number of benzene rings is 2. The largest absolute Gasteiger partial charge is 0.481 e. The van der Waals surface area contributed by atoms with Gasteiger partial charge in [-0.2, -0.15) is 0 Å². The lowest BCUT2D eigenvalue weighted by molar-refractivity contribution is -0.137. The van der Waals surface area contributed by atoms with Crippen molar-refractivity contribution in [3.05, 3.63) is 81.7 Å². The number of nitrogens with two attached hydrogens (primary N) is 1. The maximum atomic E-state index is 13.0. The van der Waals surface area contributed by atoms with Crippen molar-refractivity contribution in [2.24, 2.45) is 18.7 Å². The van der Waals surface area contributed by atoms with E-state index in [4.69, 9.17) is 16.1 Å². The summed E-state index contributed by atoms with van der Waals surface area (Å²) in [4.78, 5) is 33.5. The number of carbonyl (C=O) groups is 1. The number of rotatable bonds is 9. The second-order valence-electron chi connectivity index (χ2n) is 9.39. The van der Waals surface area contributed by atoms with E-state index in [1.165, 1.54) is 0 Å². The summed E-state index contributed by atoms with van der Waals surface area (Å²) in [6, 6.07) is 13.0. The van der Waals surface area contributed by atoms with Crippen LogP contribution in [0, 0.1) is 11.3 Å². The van der Waals surface area contributed by atoms with Crippen molar-refractivity contribution >= 4 is 22.8 Å². The van der Waals surface area contributed by atoms with Gasteiger partial charge in [0.2, 0.25) is 0 Å². The molecular formula is C27H30N6O3. The van der Waals surface area contributed by atoms with Crippen LogP contribution in [0.4, 0.5) is 0 Å². The van der Waals surface area contributed by atoms with E-state index in [-0.39, 0.29) is 17.8 Å². The Labute approximate surface area is 208 Å². The van der Waals surface area contributed by atoms with Gasteiger partial charge < -0.3 is 20.0 Å². The number of hydrogen-bond donors (Lipinski definition) is 3. The Balaban J connectivity index is 1.78. The molecule has 0 saturated heterocycles. The lowest BCUT2D eigenvalue weighted by atomic mass is 10.0. The Morgan fingerprint density at radius 3 is 2.50 bits per heavy atom. The number of nitrogen functional groups attached to an aromatic ring is 1. The third-order valence-electron chi connectivity index (χ3n) is 6.14. The van der Waals surface area contributed by atoms with E-state index in [0.717, 1.165) is 28.9 Å². The molecule has 0 radical (unpaired) electrons. The van der Waals surface area contributed by atoms with Crippen LogP contribution in [0.1, 0.15) is 42.8 Å². The molecule has 4 rings (SSSR count). The van der Waals surface area contributed by atoms with Gasteiger partial charge in [0.05, 0.1) is 35.2 Å². The lowest BCUT2D eigenvalue weighted by Crippen LogP contribution is -2.23. The monoisotopic (exact) mass is 486 g/mol. The molecule has 186 valence electrons. The van der Waals surface area contributed by atoms with Gasteiger partial charge in [0.25, 0.3) is 5.56 Å². The summed E-state index contributed by atoms with van der Waals surface area (Å²) in [6.07, 6.45) is 2.80.